The van der Waals surface area contributed by atoms with Crippen molar-refractivity contribution in [3.05, 3.63) is 59.3 Å². The first-order chi connectivity index (χ1) is 14.1. The third-order valence-electron chi connectivity index (χ3n) is 4.69. The molecule has 0 radical (unpaired) electrons. The quantitative estimate of drug-likeness (QED) is 0.374. The van der Waals surface area contributed by atoms with Crippen LogP contribution in [-0.4, -0.2) is 27.1 Å². The van der Waals surface area contributed by atoms with Crippen molar-refractivity contribution in [2.75, 3.05) is 17.6 Å². The molecule has 0 aliphatic carbocycles. The molecule has 4 aromatic rings. The molecule has 4 N–H and O–H groups in total. The number of unbranched alkanes of at least 4 members (excludes halogenated alkanes) is 1. The number of nitrogens with one attached hydrogen (secondary N) is 2. The molecule has 4 rings (SSSR count). The number of rotatable bonds is 6. The fourth-order valence-electron chi connectivity index (χ4n) is 3.29. The summed E-state index contributed by atoms with van der Waals surface area (Å²) in [7, 11) is 0. The average Bonchev–Trinajstić information content (AvgIpc) is 3.15. The van der Waals surface area contributed by atoms with Crippen LogP contribution in [0.2, 0.25) is 0 Å². The molecule has 2 aromatic heterocycles. The van der Waals surface area contributed by atoms with Crippen LogP contribution in [0.4, 0.5) is 16.3 Å². The van der Waals surface area contributed by atoms with Crippen molar-refractivity contribution in [2.24, 2.45) is 0 Å². The molecule has 0 atom stereocenters. The van der Waals surface area contributed by atoms with E-state index >= 15 is 0 Å². The van der Waals surface area contributed by atoms with Crippen LogP contribution < -0.4 is 16.4 Å². The van der Waals surface area contributed by atoms with Crippen LogP contribution >= 0.6 is 15.9 Å². The minimum absolute atomic E-state index is 0.203. The van der Waals surface area contributed by atoms with E-state index in [-0.39, 0.29) is 6.03 Å². The molecule has 0 aliphatic rings. The van der Waals surface area contributed by atoms with Gasteiger partial charge >= 0.3 is 6.03 Å². The molecular formula is C21H21BrN6O. The maximum atomic E-state index is 12.0. The Labute approximate surface area is 176 Å². The van der Waals surface area contributed by atoms with Crippen molar-refractivity contribution in [3.8, 4) is 0 Å². The number of benzene rings is 2. The fraction of sp³-hybridized carbons (Fsp3) is 0.190. The normalized spacial score (nSPS) is 11.1. The molecule has 8 heteroatoms. The van der Waals surface area contributed by atoms with Crippen LogP contribution in [0.15, 0.2) is 59.3 Å². The van der Waals surface area contributed by atoms with E-state index in [1.165, 1.54) is 0 Å². The van der Waals surface area contributed by atoms with Gasteiger partial charge in [-0.05, 0) is 43.2 Å². The van der Waals surface area contributed by atoms with Crippen LogP contribution in [0.5, 0.6) is 0 Å². The highest BCUT2D eigenvalue weighted by Gasteiger charge is 2.11. The molecular weight excluding hydrogens is 432 g/mol. The molecule has 29 heavy (non-hydrogen) atoms. The zero-order valence-corrected chi connectivity index (χ0v) is 17.3. The van der Waals surface area contributed by atoms with E-state index in [1.807, 2.05) is 54.9 Å². The van der Waals surface area contributed by atoms with Gasteiger partial charge in [0.1, 0.15) is 5.52 Å². The first kappa shape index (κ1) is 19.2. The number of aromatic nitrogens is 3. The Morgan fingerprint density at radius 3 is 2.72 bits per heavy atom. The van der Waals surface area contributed by atoms with Crippen LogP contribution in [-0.2, 0) is 6.54 Å². The Balaban J connectivity index is 1.32. The second-order valence-corrected chi connectivity index (χ2v) is 7.66. The average molecular weight is 453 g/mol. The largest absolute Gasteiger partial charge is 0.382 e. The minimum Gasteiger partial charge on any atom is -0.382 e. The summed E-state index contributed by atoms with van der Waals surface area (Å²) in [6, 6.07) is 15.2. The van der Waals surface area contributed by atoms with E-state index in [2.05, 4.69) is 41.1 Å². The van der Waals surface area contributed by atoms with Crippen LogP contribution in [0, 0.1) is 0 Å². The molecule has 0 saturated carbocycles. The molecule has 2 aromatic carbocycles. The summed E-state index contributed by atoms with van der Waals surface area (Å²) in [5.74, 6) is 0.448. The summed E-state index contributed by atoms with van der Waals surface area (Å²) >= 11 is 3.37. The number of nitrogen functional groups attached to an aromatic ring is 1. The Hall–Kier alpha value is -3.13. The van der Waals surface area contributed by atoms with Gasteiger partial charge in [0.25, 0.3) is 0 Å². The fourth-order valence-corrected chi connectivity index (χ4v) is 3.56. The molecule has 148 valence electrons. The first-order valence-electron chi connectivity index (χ1n) is 9.41. The number of halogens is 1. The number of anilines is 2. The molecule has 0 aliphatic heterocycles. The van der Waals surface area contributed by atoms with E-state index in [1.54, 1.807) is 0 Å². The molecule has 0 unspecified atom stereocenters. The maximum Gasteiger partial charge on any atom is 0.319 e. The maximum absolute atomic E-state index is 12.0. The summed E-state index contributed by atoms with van der Waals surface area (Å²) in [6.45, 7) is 1.39. The van der Waals surface area contributed by atoms with Gasteiger partial charge in [-0.25, -0.2) is 14.8 Å². The number of nitrogens with zero attached hydrogens (tertiary/aromatic N) is 3. The molecule has 0 spiro atoms. The monoisotopic (exact) mass is 452 g/mol. The third kappa shape index (κ3) is 4.32. The summed E-state index contributed by atoms with van der Waals surface area (Å²) in [5, 5.41) is 6.75. The lowest BCUT2D eigenvalue weighted by atomic mass is 10.2. The van der Waals surface area contributed by atoms with Gasteiger partial charge in [-0.3, -0.25) is 0 Å². The van der Waals surface area contributed by atoms with Crippen molar-refractivity contribution in [3.63, 3.8) is 0 Å². The van der Waals surface area contributed by atoms with Crippen LogP contribution in [0.1, 0.15) is 12.8 Å². The number of carbonyl (C=O) groups excluding carboxylic acids is 1. The van der Waals surface area contributed by atoms with Crippen LogP contribution in [0.25, 0.3) is 21.9 Å². The van der Waals surface area contributed by atoms with Gasteiger partial charge < -0.3 is 20.9 Å². The van der Waals surface area contributed by atoms with E-state index in [0.717, 1.165) is 51.5 Å². The lowest BCUT2D eigenvalue weighted by molar-refractivity contribution is 0.252. The predicted molar refractivity (Wildman–Crippen MR) is 120 cm³/mol. The van der Waals surface area contributed by atoms with E-state index in [4.69, 9.17) is 5.73 Å². The third-order valence-corrected chi connectivity index (χ3v) is 5.22. The number of pyridine rings is 1. The number of imidazole rings is 1. The Kier molecular flexibility index (Phi) is 5.62. The standard InChI is InChI=1S/C21H21BrN6O/c22-14-7-9-15(10-8-14)26-21(29)24-11-3-4-12-28-13-25-18-19(28)16-5-1-2-6-17(16)27-20(18)23/h1-2,5-10,13H,3-4,11-12H2,(H2,23,27)(H2,24,26,29). The van der Waals surface area contributed by atoms with Crippen LogP contribution in [0.3, 0.4) is 0 Å². The lowest BCUT2D eigenvalue weighted by Crippen LogP contribution is -2.29. The molecule has 0 bridgehead atoms. The molecule has 0 fully saturated rings. The van der Waals surface area contributed by atoms with Gasteiger partial charge in [0, 0.05) is 28.6 Å². The number of para-hydroxylation sites is 1. The van der Waals surface area contributed by atoms with Gasteiger partial charge in [-0.2, -0.15) is 0 Å². The summed E-state index contributed by atoms with van der Waals surface area (Å²) in [5.41, 5.74) is 9.44. The predicted octanol–water partition coefficient (Wildman–Crippen LogP) is 4.53. The number of nitrogens with two attached hydrogens (primary N) is 1. The van der Waals surface area contributed by atoms with E-state index < -0.39 is 0 Å². The minimum atomic E-state index is -0.203. The zero-order chi connectivity index (χ0) is 20.2. The number of urea groups is 1. The van der Waals surface area contributed by atoms with Gasteiger partial charge in [-0.15, -0.1) is 0 Å². The van der Waals surface area contributed by atoms with Crippen molar-refractivity contribution >= 4 is 55.4 Å². The first-order valence-corrected chi connectivity index (χ1v) is 10.2. The van der Waals surface area contributed by atoms with E-state index in [0.29, 0.717) is 12.4 Å². The van der Waals surface area contributed by atoms with Crippen molar-refractivity contribution in [1.29, 1.82) is 0 Å². The van der Waals surface area contributed by atoms with Gasteiger partial charge in [-0.1, -0.05) is 34.1 Å². The highest BCUT2D eigenvalue weighted by molar-refractivity contribution is 9.10. The SMILES string of the molecule is Nc1nc2ccccc2c2c1ncn2CCCCNC(=O)Nc1ccc(Br)cc1. The number of carbonyl (C=O) groups is 1. The molecule has 2 heterocycles. The topological polar surface area (TPSA) is 97.9 Å². The number of fused-ring (bicyclic) bond motifs is 3. The Morgan fingerprint density at radius 1 is 1.10 bits per heavy atom. The smallest absolute Gasteiger partial charge is 0.319 e. The Bertz CT molecular complexity index is 1160. The molecule has 7 nitrogen and oxygen atoms in total. The van der Waals surface area contributed by atoms with E-state index in [9.17, 15) is 4.79 Å². The number of hydrogen-bond acceptors (Lipinski definition) is 4. The Morgan fingerprint density at radius 2 is 1.90 bits per heavy atom. The van der Waals surface area contributed by atoms with Crippen molar-refractivity contribution < 1.29 is 4.79 Å². The summed E-state index contributed by atoms with van der Waals surface area (Å²) in [4.78, 5) is 20.8. The number of hydrogen-bond donors (Lipinski definition) is 3. The summed E-state index contributed by atoms with van der Waals surface area (Å²) in [6.07, 6.45) is 3.56. The number of aryl methyl sites for hydroxylation is 1. The highest BCUT2D eigenvalue weighted by Crippen LogP contribution is 2.27. The van der Waals surface area contributed by atoms with Gasteiger partial charge in [0.2, 0.25) is 0 Å². The number of amides is 2. The second-order valence-electron chi connectivity index (χ2n) is 6.74. The van der Waals surface area contributed by atoms with Crippen molar-refractivity contribution in [2.45, 2.75) is 19.4 Å². The second kappa shape index (κ2) is 8.48. The van der Waals surface area contributed by atoms with Gasteiger partial charge in [0.05, 0.1) is 17.4 Å². The summed E-state index contributed by atoms with van der Waals surface area (Å²) < 4.78 is 3.08. The zero-order valence-electron chi connectivity index (χ0n) is 15.7. The molecule has 2 amide bonds. The highest BCUT2D eigenvalue weighted by atomic mass is 79.9. The van der Waals surface area contributed by atoms with Crippen molar-refractivity contribution in [1.82, 2.24) is 19.9 Å². The van der Waals surface area contributed by atoms with Gasteiger partial charge in [0.15, 0.2) is 5.82 Å². The molecule has 0 saturated heterocycles. The lowest BCUT2D eigenvalue weighted by Gasteiger charge is -2.09.